The Labute approximate surface area is 93.3 Å². The molecule has 2 nitrogen and oxygen atoms in total. The van der Waals surface area contributed by atoms with Gasteiger partial charge in [0.15, 0.2) is 0 Å². The Bertz CT molecular complexity index is 249. The van der Waals surface area contributed by atoms with Gasteiger partial charge in [0.2, 0.25) is 0 Å². The Morgan fingerprint density at radius 3 is 2.07 bits per heavy atom. The lowest BCUT2D eigenvalue weighted by Gasteiger charge is -2.41. The second kappa shape index (κ2) is 4.14. The van der Waals surface area contributed by atoms with Gasteiger partial charge in [0, 0.05) is 0 Å². The summed E-state index contributed by atoms with van der Waals surface area (Å²) < 4.78 is 0. The summed E-state index contributed by atoms with van der Waals surface area (Å²) >= 11 is 0. The molecular weight excluding hydrogens is 186 g/mol. The van der Waals surface area contributed by atoms with Crippen molar-refractivity contribution in [1.82, 2.24) is 0 Å². The molecular formula is C13H23NO. The molecule has 0 saturated heterocycles. The highest BCUT2D eigenvalue weighted by atomic mass is 16.3. The second-order valence-electron chi connectivity index (χ2n) is 6.08. The van der Waals surface area contributed by atoms with Crippen molar-refractivity contribution in [3.63, 3.8) is 0 Å². The van der Waals surface area contributed by atoms with Gasteiger partial charge in [-0.2, -0.15) is 5.26 Å². The maximum atomic E-state index is 9.69. The molecule has 1 unspecified atom stereocenters. The highest BCUT2D eigenvalue weighted by Crippen LogP contribution is 2.46. The van der Waals surface area contributed by atoms with Crippen LogP contribution in [0.1, 0.15) is 53.4 Å². The van der Waals surface area contributed by atoms with Crippen molar-refractivity contribution in [2.24, 2.45) is 16.7 Å². The minimum absolute atomic E-state index is 0.334. The second-order valence-corrected chi connectivity index (χ2v) is 6.08. The summed E-state index contributed by atoms with van der Waals surface area (Å²) in [6.45, 7) is 8.54. The Hall–Kier alpha value is -0.550. The van der Waals surface area contributed by atoms with Crippen LogP contribution in [0.3, 0.4) is 0 Å². The predicted molar refractivity (Wildman–Crippen MR) is 61.1 cm³/mol. The van der Waals surface area contributed by atoms with Gasteiger partial charge in [-0.05, 0) is 43.9 Å². The third-order valence-electron chi connectivity index (χ3n) is 4.12. The molecule has 0 aliphatic heterocycles. The topological polar surface area (TPSA) is 44.0 Å². The van der Waals surface area contributed by atoms with Crippen molar-refractivity contribution >= 4 is 0 Å². The molecule has 0 aromatic rings. The van der Waals surface area contributed by atoms with Gasteiger partial charge in [-0.1, -0.05) is 20.8 Å². The van der Waals surface area contributed by atoms with Crippen LogP contribution in [0.5, 0.6) is 0 Å². The summed E-state index contributed by atoms with van der Waals surface area (Å²) in [6.07, 6.45) is 3.35. The van der Waals surface area contributed by atoms with Gasteiger partial charge in [-0.25, -0.2) is 0 Å². The number of hydrogen-bond donors (Lipinski definition) is 1. The zero-order valence-electron chi connectivity index (χ0n) is 10.4. The lowest BCUT2D eigenvalue weighted by atomic mass is 9.63. The molecule has 0 aromatic heterocycles. The number of rotatable bonds is 1. The van der Waals surface area contributed by atoms with Crippen molar-refractivity contribution in [2.45, 2.75) is 59.5 Å². The fraction of sp³-hybridized carbons (Fsp3) is 0.923. The van der Waals surface area contributed by atoms with Crippen molar-refractivity contribution in [3.8, 4) is 6.07 Å². The predicted octanol–water partition coefficient (Wildman–Crippen LogP) is 3.11. The average Bonchev–Trinajstić information content (AvgIpc) is 2.16. The summed E-state index contributed by atoms with van der Waals surface area (Å²) in [4.78, 5) is 0. The van der Waals surface area contributed by atoms with Crippen molar-refractivity contribution in [3.05, 3.63) is 0 Å². The van der Waals surface area contributed by atoms with Crippen LogP contribution in [-0.2, 0) is 0 Å². The fourth-order valence-corrected chi connectivity index (χ4v) is 2.62. The van der Waals surface area contributed by atoms with Gasteiger partial charge in [0.1, 0.15) is 0 Å². The molecule has 2 heteroatoms. The van der Waals surface area contributed by atoms with Gasteiger partial charge in [-0.15, -0.1) is 0 Å². The average molecular weight is 209 g/mol. The van der Waals surface area contributed by atoms with Crippen LogP contribution in [-0.4, -0.2) is 11.2 Å². The highest BCUT2D eigenvalue weighted by Gasteiger charge is 2.41. The SMILES string of the molecule is CC(O)C1(C#N)CCC(C(C)(C)C)CC1. The molecule has 1 saturated carbocycles. The van der Waals surface area contributed by atoms with Crippen LogP contribution in [0.15, 0.2) is 0 Å². The molecule has 1 aliphatic rings. The zero-order chi connectivity index (χ0) is 11.7. The third-order valence-corrected chi connectivity index (χ3v) is 4.12. The van der Waals surface area contributed by atoms with Crippen LogP contribution in [0, 0.1) is 28.1 Å². The maximum absolute atomic E-state index is 9.69. The van der Waals surface area contributed by atoms with Crippen molar-refractivity contribution in [2.75, 3.05) is 0 Å². The van der Waals surface area contributed by atoms with E-state index in [4.69, 9.17) is 0 Å². The minimum atomic E-state index is -0.497. The van der Waals surface area contributed by atoms with E-state index < -0.39 is 11.5 Å². The van der Waals surface area contributed by atoms with Gasteiger partial charge in [0.05, 0.1) is 17.6 Å². The normalized spacial score (nSPS) is 34.5. The fourth-order valence-electron chi connectivity index (χ4n) is 2.62. The van der Waals surface area contributed by atoms with Crippen molar-refractivity contribution in [1.29, 1.82) is 5.26 Å². The van der Waals surface area contributed by atoms with E-state index in [0.29, 0.717) is 11.3 Å². The van der Waals surface area contributed by atoms with E-state index in [1.54, 1.807) is 6.92 Å². The molecule has 15 heavy (non-hydrogen) atoms. The van der Waals surface area contributed by atoms with E-state index in [9.17, 15) is 10.4 Å². The largest absolute Gasteiger partial charge is 0.392 e. The number of nitrogens with zero attached hydrogens (tertiary/aromatic N) is 1. The van der Waals surface area contributed by atoms with Gasteiger partial charge >= 0.3 is 0 Å². The van der Waals surface area contributed by atoms with Crippen LogP contribution in [0.2, 0.25) is 0 Å². The number of aliphatic hydroxyl groups excluding tert-OH is 1. The van der Waals surface area contributed by atoms with E-state index >= 15 is 0 Å². The summed E-state index contributed by atoms with van der Waals surface area (Å²) in [5.41, 5.74) is -0.137. The van der Waals surface area contributed by atoms with Gasteiger partial charge < -0.3 is 5.11 Å². The molecule has 1 N–H and O–H groups in total. The van der Waals surface area contributed by atoms with Crippen LogP contribution in [0.4, 0.5) is 0 Å². The minimum Gasteiger partial charge on any atom is -0.392 e. The number of nitriles is 1. The highest BCUT2D eigenvalue weighted by molar-refractivity contribution is 5.05. The quantitative estimate of drug-likeness (QED) is 0.721. The van der Waals surface area contributed by atoms with Gasteiger partial charge in [-0.3, -0.25) is 0 Å². The molecule has 0 aromatic carbocycles. The smallest absolute Gasteiger partial charge is 0.0829 e. The third kappa shape index (κ3) is 2.52. The summed E-state index contributed by atoms with van der Waals surface area (Å²) in [6, 6.07) is 2.34. The van der Waals surface area contributed by atoms with E-state index in [2.05, 4.69) is 26.8 Å². The van der Waals surface area contributed by atoms with Crippen LogP contribution < -0.4 is 0 Å². The summed E-state index contributed by atoms with van der Waals surface area (Å²) in [5, 5.41) is 18.9. The zero-order valence-corrected chi connectivity index (χ0v) is 10.4. The molecule has 0 bridgehead atoms. The molecule has 0 heterocycles. The maximum Gasteiger partial charge on any atom is 0.0829 e. The Morgan fingerprint density at radius 1 is 1.33 bits per heavy atom. The van der Waals surface area contributed by atoms with E-state index in [1.807, 2.05) is 0 Å². The number of aliphatic hydroxyl groups is 1. The van der Waals surface area contributed by atoms with Crippen LogP contribution in [0.25, 0.3) is 0 Å². The molecule has 1 atom stereocenters. The van der Waals surface area contributed by atoms with Gasteiger partial charge in [0.25, 0.3) is 0 Å². The Balaban J connectivity index is 2.67. The molecule has 1 fully saturated rings. The lowest BCUT2D eigenvalue weighted by molar-refractivity contribution is 0.0208. The Kier molecular flexibility index (Phi) is 3.45. The van der Waals surface area contributed by atoms with Crippen molar-refractivity contribution < 1.29 is 5.11 Å². The standard InChI is InChI=1S/C13H23NO/c1-10(15)13(9-14)7-5-11(6-8-13)12(2,3)4/h10-11,15H,5-8H2,1-4H3. The molecule has 0 radical (unpaired) electrons. The van der Waals surface area contributed by atoms with E-state index in [1.165, 1.54) is 0 Å². The first-order valence-electron chi connectivity index (χ1n) is 5.91. The lowest BCUT2D eigenvalue weighted by Crippen LogP contribution is -2.38. The monoisotopic (exact) mass is 209 g/mol. The first kappa shape index (κ1) is 12.5. The number of hydrogen-bond acceptors (Lipinski definition) is 2. The van der Waals surface area contributed by atoms with E-state index in [-0.39, 0.29) is 0 Å². The molecule has 1 rings (SSSR count). The summed E-state index contributed by atoms with van der Waals surface area (Å²) in [5.74, 6) is 0.692. The molecule has 0 spiro atoms. The first-order valence-corrected chi connectivity index (χ1v) is 5.91. The molecule has 86 valence electrons. The molecule has 1 aliphatic carbocycles. The molecule has 0 amide bonds. The van der Waals surface area contributed by atoms with Crippen LogP contribution >= 0.6 is 0 Å². The Morgan fingerprint density at radius 2 is 1.80 bits per heavy atom. The van der Waals surface area contributed by atoms with E-state index in [0.717, 1.165) is 25.7 Å². The first-order chi connectivity index (χ1) is 6.82. The summed E-state index contributed by atoms with van der Waals surface area (Å²) in [7, 11) is 0.